The first-order chi connectivity index (χ1) is 6.72. The van der Waals surface area contributed by atoms with Gasteiger partial charge in [-0.2, -0.15) is 0 Å². The Hall–Kier alpha value is -0.770. The van der Waals surface area contributed by atoms with Crippen molar-refractivity contribution in [3.63, 3.8) is 0 Å². The first-order valence-corrected chi connectivity index (χ1v) is 5.42. The number of hydrogen-bond donors (Lipinski definition) is 2. The predicted molar refractivity (Wildman–Crippen MR) is 54.3 cm³/mol. The smallest absolute Gasteiger partial charge is 0.321 e. The lowest BCUT2D eigenvalue weighted by molar-refractivity contribution is -0.117. The summed E-state index contributed by atoms with van der Waals surface area (Å²) in [5.74, 6) is -0.641. The minimum absolute atomic E-state index is 0.182. The average molecular weight is 219 g/mol. The number of alkyl halides is 1. The van der Waals surface area contributed by atoms with Crippen LogP contribution in [0.15, 0.2) is 0 Å². The SMILES string of the molecule is O=C(CCl)NC(=O)NC1CCCCC1. The van der Waals surface area contributed by atoms with Crippen LogP contribution in [0.25, 0.3) is 0 Å². The second kappa shape index (κ2) is 5.86. The number of rotatable bonds is 2. The molecule has 0 aromatic heterocycles. The number of carbonyl (C=O) groups excluding carboxylic acids is 2. The predicted octanol–water partition coefficient (Wildman–Crippen LogP) is 1.38. The molecule has 4 nitrogen and oxygen atoms in total. The lowest BCUT2D eigenvalue weighted by atomic mass is 9.96. The molecule has 0 saturated heterocycles. The minimum Gasteiger partial charge on any atom is -0.335 e. The van der Waals surface area contributed by atoms with Gasteiger partial charge in [-0.05, 0) is 12.8 Å². The molecule has 80 valence electrons. The number of amides is 3. The Bertz CT molecular complexity index is 215. The zero-order valence-electron chi connectivity index (χ0n) is 8.01. The number of imide groups is 1. The zero-order valence-corrected chi connectivity index (χ0v) is 8.77. The Morgan fingerprint density at radius 1 is 1.21 bits per heavy atom. The molecular formula is C9H15ClN2O2. The Kier molecular flexibility index (Phi) is 4.73. The van der Waals surface area contributed by atoms with Crippen molar-refractivity contribution < 1.29 is 9.59 Å². The van der Waals surface area contributed by atoms with Crippen LogP contribution in [0, 0.1) is 0 Å². The van der Waals surface area contributed by atoms with Crippen molar-refractivity contribution in [2.24, 2.45) is 0 Å². The van der Waals surface area contributed by atoms with Crippen molar-refractivity contribution >= 4 is 23.5 Å². The van der Waals surface area contributed by atoms with Gasteiger partial charge in [-0.25, -0.2) is 4.79 Å². The van der Waals surface area contributed by atoms with E-state index in [0.29, 0.717) is 0 Å². The molecule has 0 aromatic carbocycles. The van der Waals surface area contributed by atoms with Crippen LogP contribution in [-0.2, 0) is 4.79 Å². The van der Waals surface area contributed by atoms with E-state index in [1.807, 2.05) is 0 Å². The molecule has 1 fully saturated rings. The Morgan fingerprint density at radius 2 is 1.86 bits per heavy atom. The molecule has 3 amide bonds. The van der Waals surface area contributed by atoms with E-state index in [1.165, 1.54) is 6.42 Å². The summed E-state index contributed by atoms with van der Waals surface area (Å²) in [6.45, 7) is 0. The number of carbonyl (C=O) groups is 2. The van der Waals surface area contributed by atoms with Crippen molar-refractivity contribution in [1.82, 2.24) is 10.6 Å². The topological polar surface area (TPSA) is 58.2 Å². The van der Waals surface area contributed by atoms with Gasteiger partial charge in [0, 0.05) is 6.04 Å². The molecule has 14 heavy (non-hydrogen) atoms. The second-order valence-corrected chi connectivity index (χ2v) is 3.76. The summed E-state index contributed by atoms with van der Waals surface area (Å²) in [4.78, 5) is 21.9. The van der Waals surface area contributed by atoms with Gasteiger partial charge < -0.3 is 5.32 Å². The Balaban J connectivity index is 2.21. The maximum absolute atomic E-state index is 11.2. The van der Waals surface area contributed by atoms with Crippen LogP contribution in [0.3, 0.4) is 0 Å². The van der Waals surface area contributed by atoms with Crippen molar-refractivity contribution in [2.45, 2.75) is 38.1 Å². The number of urea groups is 1. The quantitative estimate of drug-likeness (QED) is 0.688. The van der Waals surface area contributed by atoms with Gasteiger partial charge >= 0.3 is 6.03 Å². The van der Waals surface area contributed by atoms with Gasteiger partial charge in [0.25, 0.3) is 0 Å². The van der Waals surface area contributed by atoms with Crippen molar-refractivity contribution in [3.05, 3.63) is 0 Å². The fraction of sp³-hybridized carbons (Fsp3) is 0.778. The van der Waals surface area contributed by atoms with Crippen LogP contribution >= 0.6 is 11.6 Å². The molecule has 1 aliphatic rings. The third-order valence-corrected chi connectivity index (χ3v) is 2.56. The van der Waals surface area contributed by atoms with E-state index in [1.54, 1.807) is 0 Å². The van der Waals surface area contributed by atoms with E-state index in [0.717, 1.165) is 25.7 Å². The van der Waals surface area contributed by atoms with E-state index in [4.69, 9.17) is 11.6 Å². The van der Waals surface area contributed by atoms with E-state index >= 15 is 0 Å². The molecule has 1 aliphatic carbocycles. The van der Waals surface area contributed by atoms with Crippen molar-refractivity contribution in [1.29, 1.82) is 0 Å². The van der Waals surface area contributed by atoms with Crippen LogP contribution in [0.2, 0.25) is 0 Å². The summed E-state index contributed by atoms with van der Waals surface area (Å²) in [6.07, 6.45) is 5.54. The number of hydrogen-bond acceptors (Lipinski definition) is 2. The van der Waals surface area contributed by atoms with E-state index in [-0.39, 0.29) is 11.9 Å². The van der Waals surface area contributed by atoms with Gasteiger partial charge in [0.05, 0.1) is 0 Å². The fourth-order valence-corrected chi connectivity index (χ4v) is 1.70. The molecule has 0 bridgehead atoms. The standard InChI is InChI=1S/C9H15ClN2O2/c10-6-8(13)12-9(14)11-7-4-2-1-3-5-7/h7H,1-6H2,(H2,11,12,13,14). The molecule has 0 spiro atoms. The van der Waals surface area contributed by atoms with E-state index in [2.05, 4.69) is 10.6 Å². The molecular weight excluding hydrogens is 204 g/mol. The highest BCUT2D eigenvalue weighted by Crippen LogP contribution is 2.16. The third kappa shape index (κ3) is 3.96. The molecule has 0 atom stereocenters. The fourth-order valence-electron chi connectivity index (χ4n) is 1.63. The van der Waals surface area contributed by atoms with Gasteiger partial charge in [-0.3, -0.25) is 10.1 Å². The molecule has 0 unspecified atom stereocenters. The van der Waals surface area contributed by atoms with Gasteiger partial charge in [0.1, 0.15) is 5.88 Å². The Labute approximate surface area is 88.4 Å². The molecule has 1 rings (SSSR count). The summed E-state index contributed by atoms with van der Waals surface area (Å²) in [6, 6.07) is -0.213. The highest BCUT2D eigenvalue weighted by atomic mass is 35.5. The highest BCUT2D eigenvalue weighted by molar-refractivity contribution is 6.28. The lowest BCUT2D eigenvalue weighted by Crippen LogP contribution is -2.45. The van der Waals surface area contributed by atoms with E-state index in [9.17, 15) is 9.59 Å². The summed E-state index contributed by atoms with van der Waals surface area (Å²) in [5.41, 5.74) is 0. The normalized spacial score (nSPS) is 17.5. The van der Waals surface area contributed by atoms with Crippen LogP contribution in [-0.4, -0.2) is 23.9 Å². The van der Waals surface area contributed by atoms with Crippen LogP contribution in [0.4, 0.5) is 4.79 Å². The van der Waals surface area contributed by atoms with Crippen molar-refractivity contribution in [3.8, 4) is 0 Å². The summed E-state index contributed by atoms with van der Waals surface area (Å²) in [5, 5.41) is 4.91. The molecule has 5 heteroatoms. The second-order valence-electron chi connectivity index (χ2n) is 3.49. The maximum Gasteiger partial charge on any atom is 0.321 e. The summed E-state index contributed by atoms with van der Waals surface area (Å²) in [7, 11) is 0. The molecule has 0 aliphatic heterocycles. The van der Waals surface area contributed by atoms with Crippen LogP contribution < -0.4 is 10.6 Å². The third-order valence-electron chi connectivity index (χ3n) is 2.31. The maximum atomic E-state index is 11.2. The minimum atomic E-state index is -0.458. The summed E-state index contributed by atoms with van der Waals surface area (Å²) >= 11 is 5.25. The average Bonchev–Trinajstić information content (AvgIpc) is 2.19. The number of halogens is 1. The summed E-state index contributed by atoms with van der Waals surface area (Å²) < 4.78 is 0. The van der Waals surface area contributed by atoms with Gasteiger partial charge in [0.15, 0.2) is 0 Å². The molecule has 0 radical (unpaired) electrons. The van der Waals surface area contributed by atoms with Gasteiger partial charge in [-0.1, -0.05) is 19.3 Å². The van der Waals surface area contributed by atoms with Crippen LogP contribution in [0.5, 0.6) is 0 Å². The van der Waals surface area contributed by atoms with Gasteiger partial charge in [0.2, 0.25) is 5.91 Å². The first-order valence-electron chi connectivity index (χ1n) is 4.88. The first kappa shape index (κ1) is 11.3. The largest absolute Gasteiger partial charge is 0.335 e. The van der Waals surface area contributed by atoms with Crippen molar-refractivity contribution in [2.75, 3.05) is 5.88 Å². The van der Waals surface area contributed by atoms with Crippen LogP contribution in [0.1, 0.15) is 32.1 Å². The Morgan fingerprint density at radius 3 is 2.43 bits per heavy atom. The number of nitrogens with one attached hydrogen (secondary N) is 2. The highest BCUT2D eigenvalue weighted by Gasteiger charge is 2.16. The zero-order chi connectivity index (χ0) is 10.4. The van der Waals surface area contributed by atoms with Gasteiger partial charge in [-0.15, -0.1) is 11.6 Å². The lowest BCUT2D eigenvalue weighted by Gasteiger charge is -2.22. The van der Waals surface area contributed by atoms with E-state index < -0.39 is 11.9 Å². The monoisotopic (exact) mass is 218 g/mol. The molecule has 2 N–H and O–H groups in total. The molecule has 0 aromatic rings. The molecule has 0 heterocycles. The molecule has 1 saturated carbocycles.